The Morgan fingerprint density at radius 1 is 1.17 bits per heavy atom. The van der Waals surface area contributed by atoms with E-state index in [1.54, 1.807) is 18.6 Å². The summed E-state index contributed by atoms with van der Waals surface area (Å²) < 4.78 is 0.926. The highest BCUT2D eigenvalue weighted by Crippen LogP contribution is 2.09. The molecule has 0 N–H and O–H groups in total. The molecule has 2 heterocycles. The maximum Gasteiger partial charge on any atom is 0.139 e. The van der Waals surface area contributed by atoms with Gasteiger partial charge in [0.2, 0.25) is 0 Å². The lowest BCUT2D eigenvalue weighted by Gasteiger charge is -2.01. The molecule has 0 radical (unpaired) electrons. The fraction of sp³-hybridized carbons (Fsp3) is 0.214. The Morgan fingerprint density at radius 2 is 1.94 bits per heavy atom. The Morgan fingerprint density at radius 3 is 2.61 bits per heavy atom. The van der Waals surface area contributed by atoms with Crippen molar-refractivity contribution in [3.05, 3.63) is 58.6 Å². The monoisotopic (exact) mass is 304 g/mol. The lowest BCUT2D eigenvalue weighted by atomic mass is 10.1. The molecule has 18 heavy (non-hydrogen) atoms. The van der Waals surface area contributed by atoms with Crippen LogP contribution in [0.3, 0.4) is 0 Å². The molecular weight excluding hydrogens is 292 g/mol. The van der Waals surface area contributed by atoms with E-state index in [0.717, 1.165) is 22.2 Å². The van der Waals surface area contributed by atoms with Crippen LogP contribution < -0.4 is 0 Å². The summed E-state index contributed by atoms with van der Waals surface area (Å²) in [6, 6.07) is 7.64. The molecule has 2 aromatic rings. The van der Waals surface area contributed by atoms with Crippen LogP contribution in [0.5, 0.6) is 0 Å². The number of Topliss-reactive ketones (excluding diaryl/α,β-unsaturated/α-hetero) is 1. The van der Waals surface area contributed by atoms with Crippen LogP contribution in [0.15, 0.2) is 47.3 Å². The second-order valence-corrected chi connectivity index (χ2v) is 4.95. The van der Waals surface area contributed by atoms with E-state index in [1.807, 2.05) is 24.3 Å². The second kappa shape index (κ2) is 6.40. The van der Waals surface area contributed by atoms with Crippen molar-refractivity contribution in [2.75, 3.05) is 0 Å². The van der Waals surface area contributed by atoms with Gasteiger partial charge in [0.05, 0.1) is 0 Å². The maximum absolute atomic E-state index is 11.8. The van der Waals surface area contributed by atoms with Crippen molar-refractivity contribution >= 4 is 21.7 Å². The van der Waals surface area contributed by atoms with Gasteiger partial charge in [-0.15, -0.1) is 0 Å². The number of aryl methyl sites for hydroxylation is 1. The summed E-state index contributed by atoms with van der Waals surface area (Å²) in [5.74, 6) is 0.210. The number of carbonyl (C=O) groups excluding carboxylic acids is 1. The summed E-state index contributed by atoms with van der Waals surface area (Å²) in [7, 11) is 0. The zero-order valence-corrected chi connectivity index (χ0v) is 11.4. The molecule has 0 bridgehead atoms. The van der Waals surface area contributed by atoms with Gasteiger partial charge in [-0.05, 0) is 52.2 Å². The molecule has 0 aliphatic carbocycles. The van der Waals surface area contributed by atoms with Gasteiger partial charge in [-0.25, -0.2) is 0 Å². The molecule has 0 aliphatic heterocycles. The molecule has 92 valence electrons. The van der Waals surface area contributed by atoms with E-state index in [0.29, 0.717) is 12.8 Å². The molecule has 0 saturated carbocycles. The molecule has 3 nitrogen and oxygen atoms in total. The minimum absolute atomic E-state index is 0.210. The molecule has 0 aromatic carbocycles. The van der Waals surface area contributed by atoms with Crippen LogP contribution >= 0.6 is 15.9 Å². The fourth-order valence-electron chi connectivity index (χ4n) is 1.63. The van der Waals surface area contributed by atoms with Gasteiger partial charge in [-0.1, -0.05) is 0 Å². The molecule has 0 spiro atoms. The SMILES string of the molecule is O=C(CCc1ccncc1)Cc1ccc(Br)cn1. The van der Waals surface area contributed by atoms with Crippen LogP contribution in [0.4, 0.5) is 0 Å². The third-order valence-electron chi connectivity index (χ3n) is 2.61. The van der Waals surface area contributed by atoms with E-state index in [4.69, 9.17) is 0 Å². The fourth-order valence-corrected chi connectivity index (χ4v) is 1.87. The van der Waals surface area contributed by atoms with Gasteiger partial charge >= 0.3 is 0 Å². The predicted octanol–water partition coefficient (Wildman–Crippen LogP) is 2.98. The van der Waals surface area contributed by atoms with Crippen molar-refractivity contribution in [3.63, 3.8) is 0 Å². The van der Waals surface area contributed by atoms with Crippen molar-refractivity contribution in [2.45, 2.75) is 19.3 Å². The van der Waals surface area contributed by atoms with Gasteiger partial charge in [-0.2, -0.15) is 0 Å². The lowest BCUT2D eigenvalue weighted by molar-refractivity contribution is -0.118. The normalized spacial score (nSPS) is 10.3. The predicted molar refractivity (Wildman–Crippen MR) is 73.2 cm³/mol. The third kappa shape index (κ3) is 4.04. The number of carbonyl (C=O) groups is 1. The summed E-state index contributed by atoms with van der Waals surface area (Å²) in [6.45, 7) is 0. The smallest absolute Gasteiger partial charge is 0.139 e. The minimum atomic E-state index is 0.210. The van der Waals surface area contributed by atoms with E-state index in [1.165, 1.54) is 0 Å². The standard InChI is InChI=1S/C14H13BrN2O/c15-12-2-3-13(17-10-12)9-14(18)4-1-11-5-7-16-8-6-11/h2-3,5-8,10H,1,4,9H2. The molecule has 0 saturated heterocycles. The van der Waals surface area contributed by atoms with Gasteiger partial charge < -0.3 is 0 Å². The highest BCUT2D eigenvalue weighted by Gasteiger charge is 2.05. The second-order valence-electron chi connectivity index (χ2n) is 4.04. The number of nitrogens with zero attached hydrogens (tertiary/aromatic N) is 2. The van der Waals surface area contributed by atoms with Crippen LogP contribution in [0.1, 0.15) is 17.7 Å². The summed E-state index contributed by atoms with van der Waals surface area (Å²) in [5, 5.41) is 0. The van der Waals surface area contributed by atoms with Gasteiger partial charge in [0, 0.05) is 41.6 Å². The quantitative estimate of drug-likeness (QED) is 0.853. The lowest BCUT2D eigenvalue weighted by Crippen LogP contribution is -2.05. The van der Waals surface area contributed by atoms with Gasteiger partial charge in [0.1, 0.15) is 5.78 Å². The first kappa shape index (κ1) is 12.9. The number of ketones is 1. The third-order valence-corrected chi connectivity index (χ3v) is 3.08. The maximum atomic E-state index is 11.8. The first-order valence-corrected chi connectivity index (χ1v) is 6.54. The molecule has 2 rings (SSSR count). The van der Waals surface area contributed by atoms with E-state index in [9.17, 15) is 4.79 Å². The van der Waals surface area contributed by atoms with E-state index < -0.39 is 0 Å². The number of hydrogen-bond donors (Lipinski definition) is 0. The molecule has 0 amide bonds. The van der Waals surface area contributed by atoms with Crippen molar-refractivity contribution in [3.8, 4) is 0 Å². The number of halogens is 1. The van der Waals surface area contributed by atoms with Gasteiger partial charge in [0.25, 0.3) is 0 Å². The Bertz CT molecular complexity index is 511. The van der Waals surface area contributed by atoms with E-state index in [-0.39, 0.29) is 5.78 Å². The van der Waals surface area contributed by atoms with Crippen molar-refractivity contribution in [1.82, 2.24) is 9.97 Å². The van der Waals surface area contributed by atoms with Crippen molar-refractivity contribution in [1.29, 1.82) is 0 Å². The zero-order valence-electron chi connectivity index (χ0n) is 9.84. The van der Waals surface area contributed by atoms with Crippen LogP contribution in [0.25, 0.3) is 0 Å². The Labute approximate surface area is 114 Å². The van der Waals surface area contributed by atoms with E-state index >= 15 is 0 Å². The average molecular weight is 305 g/mol. The minimum Gasteiger partial charge on any atom is -0.299 e. The molecule has 2 aromatic heterocycles. The summed E-state index contributed by atoms with van der Waals surface area (Å²) >= 11 is 3.32. The summed E-state index contributed by atoms with van der Waals surface area (Å²) in [5.41, 5.74) is 1.96. The summed E-state index contributed by atoms with van der Waals surface area (Å²) in [6.07, 6.45) is 6.91. The largest absolute Gasteiger partial charge is 0.299 e. The zero-order chi connectivity index (χ0) is 12.8. The Kier molecular flexibility index (Phi) is 4.59. The molecule has 0 unspecified atom stereocenters. The van der Waals surface area contributed by atoms with Crippen LogP contribution in [-0.4, -0.2) is 15.8 Å². The van der Waals surface area contributed by atoms with Crippen LogP contribution in [0, 0.1) is 0 Å². The highest BCUT2D eigenvalue weighted by atomic mass is 79.9. The van der Waals surface area contributed by atoms with Crippen molar-refractivity contribution < 1.29 is 4.79 Å². The van der Waals surface area contributed by atoms with Gasteiger partial charge in [-0.3, -0.25) is 14.8 Å². The molecule has 0 fully saturated rings. The number of aromatic nitrogens is 2. The first-order chi connectivity index (χ1) is 8.74. The van der Waals surface area contributed by atoms with Gasteiger partial charge in [0.15, 0.2) is 0 Å². The molecule has 4 heteroatoms. The first-order valence-electron chi connectivity index (χ1n) is 5.75. The van der Waals surface area contributed by atoms with Crippen LogP contribution in [0.2, 0.25) is 0 Å². The van der Waals surface area contributed by atoms with E-state index in [2.05, 4.69) is 25.9 Å². The van der Waals surface area contributed by atoms with Crippen molar-refractivity contribution in [2.24, 2.45) is 0 Å². The summed E-state index contributed by atoms with van der Waals surface area (Å²) in [4.78, 5) is 19.9. The molecular formula is C14H13BrN2O. The average Bonchev–Trinajstić information content (AvgIpc) is 2.40. The Balaban J connectivity index is 1.84. The molecule has 0 atom stereocenters. The number of pyridine rings is 2. The molecule has 0 aliphatic rings. The topological polar surface area (TPSA) is 42.9 Å². The van der Waals surface area contributed by atoms with Crippen LogP contribution in [-0.2, 0) is 17.6 Å². The number of hydrogen-bond acceptors (Lipinski definition) is 3. The Hall–Kier alpha value is -1.55. The highest BCUT2D eigenvalue weighted by molar-refractivity contribution is 9.10. The number of rotatable bonds is 5.